The van der Waals surface area contributed by atoms with Crippen LogP contribution in [-0.4, -0.2) is 6.54 Å². The molecule has 0 spiro atoms. The van der Waals surface area contributed by atoms with Crippen molar-refractivity contribution in [1.29, 1.82) is 0 Å². The van der Waals surface area contributed by atoms with Gasteiger partial charge in [-0.2, -0.15) is 13.2 Å². The van der Waals surface area contributed by atoms with Crippen LogP contribution in [0.25, 0.3) is 0 Å². The molecule has 0 saturated heterocycles. The summed E-state index contributed by atoms with van der Waals surface area (Å²) in [5.41, 5.74) is 0.0829. The zero-order valence-electron chi connectivity index (χ0n) is 11.0. The second-order valence-electron chi connectivity index (χ2n) is 5.05. The van der Waals surface area contributed by atoms with Gasteiger partial charge in [0.05, 0.1) is 5.56 Å². The van der Waals surface area contributed by atoms with Gasteiger partial charge < -0.3 is 5.32 Å². The van der Waals surface area contributed by atoms with Crippen molar-refractivity contribution in [3.05, 3.63) is 35.4 Å². The number of halogens is 3. The maximum absolute atomic E-state index is 12.5. The minimum Gasteiger partial charge on any atom is -0.312 e. The summed E-state index contributed by atoms with van der Waals surface area (Å²) in [6, 6.07) is 5.46. The van der Waals surface area contributed by atoms with Gasteiger partial charge in [-0.3, -0.25) is 0 Å². The Morgan fingerprint density at radius 2 is 1.83 bits per heavy atom. The van der Waals surface area contributed by atoms with Crippen LogP contribution >= 0.6 is 0 Å². The van der Waals surface area contributed by atoms with Crippen molar-refractivity contribution in [2.24, 2.45) is 11.8 Å². The first-order chi connectivity index (χ1) is 8.30. The zero-order valence-corrected chi connectivity index (χ0v) is 11.0. The Hall–Kier alpha value is -1.03. The molecule has 0 aliphatic heterocycles. The summed E-state index contributed by atoms with van der Waals surface area (Å²) in [6.45, 7) is 7.69. The van der Waals surface area contributed by atoms with Gasteiger partial charge in [0, 0.05) is 6.54 Å². The van der Waals surface area contributed by atoms with E-state index in [0.717, 1.165) is 12.6 Å². The predicted molar refractivity (Wildman–Crippen MR) is 67.2 cm³/mol. The van der Waals surface area contributed by atoms with E-state index in [1.807, 2.05) is 0 Å². The van der Waals surface area contributed by atoms with E-state index in [4.69, 9.17) is 0 Å². The Kier molecular flexibility index (Phi) is 5.20. The van der Waals surface area contributed by atoms with Gasteiger partial charge >= 0.3 is 6.18 Å². The Labute approximate surface area is 106 Å². The lowest BCUT2D eigenvalue weighted by atomic mass is 9.98. The molecule has 1 N–H and O–H groups in total. The lowest BCUT2D eigenvalue weighted by Gasteiger charge is -2.16. The molecule has 1 aromatic rings. The highest BCUT2D eigenvalue weighted by atomic mass is 19.4. The van der Waals surface area contributed by atoms with Crippen molar-refractivity contribution in [2.45, 2.75) is 33.5 Å². The molecule has 1 rings (SSSR count). The molecule has 1 aromatic carbocycles. The van der Waals surface area contributed by atoms with E-state index in [-0.39, 0.29) is 0 Å². The Balaban J connectivity index is 2.53. The number of hydrogen-bond donors (Lipinski definition) is 1. The Morgan fingerprint density at radius 3 is 2.39 bits per heavy atom. The second kappa shape index (κ2) is 6.23. The van der Waals surface area contributed by atoms with Crippen LogP contribution in [0.2, 0.25) is 0 Å². The SMILES string of the molecule is CC(C)C(C)CNCc1cccc(C(F)(F)F)c1. The summed E-state index contributed by atoms with van der Waals surface area (Å²) in [5, 5.41) is 3.19. The van der Waals surface area contributed by atoms with E-state index >= 15 is 0 Å². The van der Waals surface area contributed by atoms with Crippen molar-refractivity contribution in [1.82, 2.24) is 5.32 Å². The van der Waals surface area contributed by atoms with Crippen LogP contribution in [0.4, 0.5) is 13.2 Å². The molecule has 18 heavy (non-hydrogen) atoms. The largest absolute Gasteiger partial charge is 0.416 e. The van der Waals surface area contributed by atoms with Crippen LogP contribution < -0.4 is 5.32 Å². The first-order valence-corrected chi connectivity index (χ1v) is 6.17. The molecular formula is C14H20F3N. The third-order valence-electron chi connectivity index (χ3n) is 3.19. The second-order valence-corrected chi connectivity index (χ2v) is 5.05. The van der Waals surface area contributed by atoms with Crippen molar-refractivity contribution in [2.75, 3.05) is 6.54 Å². The van der Waals surface area contributed by atoms with E-state index in [1.54, 1.807) is 6.07 Å². The summed E-state index contributed by atoms with van der Waals surface area (Å²) >= 11 is 0. The average molecular weight is 259 g/mol. The molecule has 4 heteroatoms. The summed E-state index contributed by atoms with van der Waals surface area (Å²) in [5.74, 6) is 1.08. The number of alkyl halides is 3. The molecule has 0 fully saturated rings. The molecular weight excluding hydrogens is 239 g/mol. The molecule has 0 aliphatic carbocycles. The highest BCUT2D eigenvalue weighted by Gasteiger charge is 2.30. The van der Waals surface area contributed by atoms with Crippen LogP contribution in [0.5, 0.6) is 0 Å². The quantitative estimate of drug-likeness (QED) is 0.840. The Morgan fingerprint density at radius 1 is 1.17 bits per heavy atom. The fourth-order valence-corrected chi connectivity index (χ4v) is 1.54. The van der Waals surface area contributed by atoms with Gasteiger partial charge in [-0.25, -0.2) is 0 Å². The van der Waals surface area contributed by atoms with Crippen molar-refractivity contribution in [3.8, 4) is 0 Å². The van der Waals surface area contributed by atoms with Crippen LogP contribution in [0, 0.1) is 11.8 Å². The van der Waals surface area contributed by atoms with Crippen LogP contribution in [0.3, 0.4) is 0 Å². The van der Waals surface area contributed by atoms with E-state index in [9.17, 15) is 13.2 Å². The molecule has 1 unspecified atom stereocenters. The number of nitrogens with one attached hydrogen (secondary N) is 1. The van der Waals surface area contributed by atoms with Crippen molar-refractivity contribution >= 4 is 0 Å². The molecule has 0 amide bonds. The van der Waals surface area contributed by atoms with Crippen molar-refractivity contribution < 1.29 is 13.2 Å². The minimum absolute atomic E-state index is 0.473. The van der Waals surface area contributed by atoms with E-state index < -0.39 is 11.7 Å². The van der Waals surface area contributed by atoms with Gasteiger partial charge in [-0.15, -0.1) is 0 Å². The first-order valence-electron chi connectivity index (χ1n) is 6.17. The number of rotatable bonds is 5. The summed E-state index contributed by atoms with van der Waals surface area (Å²) in [4.78, 5) is 0. The van der Waals surface area contributed by atoms with E-state index in [1.165, 1.54) is 12.1 Å². The van der Waals surface area contributed by atoms with Crippen LogP contribution in [0.1, 0.15) is 31.9 Å². The standard InChI is InChI=1S/C14H20F3N/c1-10(2)11(3)8-18-9-12-5-4-6-13(7-12)14(15,16)17/h4-7,10-11,18H,8-9H2,1-3H3. The molecule has 1 nitrogen and oxygen atoms in total. The monoisotopic (exact) mass is 259 g/mol. The fraction of sp³-hybridized carbons (Fsp3) is 0.571. The van der Waals surface area contributed by atoms with Gasteiger partial charge in [0.2, 0.25) is 0 Å². The molecule has 0 saturated carbocycles. The van der Waals surface area contributed by atoms with Crippen molar-refractivity contribution in [3.63, 3.8) is 0 Å². The molecule has 0 heterocycles. The molecule has 0 radical (unpaired) electrons. The average Bonchev–Trinajstić information content (AvgIpc) is 2.28. The summed E-state index contributed by atoms with van der Waals surface area (Å²) < 4.78 is 37.5. The predicted octanol–water partition coefficient (Wildman–Crippen LogP) is 4.09. The lowest BCUT2D eigenvalue weighted by molar-refractivity contribution is -0.137. The zero-order chi connectivity index (χ0) is 13.8. The molecule has 0 bridgehead atoms. The Bertz CT molecular complexity index is 372. The number of benzene rings is 1. The fourth-order valence-electron chi connectivity index (χ4n) is 1.54. The molecule has 0 aliphatic rings. The molecule has 102 valence electrons. The third kappa shape index (κ3) is 4.69. The lowest BCUT2D eigenvalue weighted by Crippen LogP contribution is -2.23. The maximum atomic E-state index is 12.5. The van der Waals surface area contributed by atoms with Gasteiger partial charge in [0.25, 0.3) is 0 Å². The van der Waals surface area contributed by atoms with Gasteiger partial charge in [-0.05, 0) is 30.0 Å². The van der Waals surface area contributed by atoms with Crippen LogP contribution in [0.15, 0.2) is 24.3 Å². The van der Waals surface area contributed by atoms with Gasteiger partial charge in [0.15, 0.2) is 0 Å². The number of hydrogen-bond acceptors (Lipinski definition) is 1. The highest BCUT2D eigenvalue weighted by molar-refractivity contribution is 5.25. The maximum Gasteiger partial charge on any atom is 0.416 e. The topological polar surface area (TPSA) is 12.0 Å². The van der Waals surface area contributed by atoms with Gasteiger partial charge in [-0.1, -0.05) is 39.0 Å². The summed E-state index contributed by atoms with van der Waals surface area (Å²) in [6.07, 6.45) is -4.26. The third-order valence-corrected chi connectivity index (χ3v) is 3.19. The molecule has 0 aromatic heterocycles. The summed E-state index contributed by atoms with van der Waals surface area (Å²) in [7, 11) is 0. The van der Waals surface area contributed by atoms with Gasteiger partial charge in [0.1, 0.15) is 0 Å². The minimum atomic E-state index is -4.26. The van der Waals surface area contributed by atoms with E-state index in [0.29, 0.717) is 23.9 Å². The molecule has 1 atom stereocenters. The first kappa shape index (κ1) is 15.0. The normalized spacial score (nSPS) is 13.9. The van der Waals surface area contributed by atoms with Crippen LogP contribution in [-0.2, 0) is 12.7 Å². The smallest absolute Gasteiger partial charge is 0.312 e. The van der Waals surface area contributed by atoms with E-state index in [2.05, 4.69) is 26.1 Å². The highest BCUT2D eigenvalue weighted by Crippen LogP contribution is 2.29.